The molecule has 0 atom stereocenters. The quantitative estimate of drug-likeness (QED) is 0.668. The molecule has 0 aliphatic rings. The molecule has 0 aliphatic carbocycles. The van der Waals surface area contributed by atoms with Crippen molar-refractivity contribution in [1.82, 2.24) is 19.6 Å². The van der Waals surface area contributed by atoms with Crippen molar-refractivity contribution in [3.8, 4) is 0 Å². The summed E-state index contributed by atoms with van der Waals surface area (Å²) in [7, 11) is 0. The third-order valence-electron chi connectivity index (χ3n) is 2.04. The van der Waals surface area contributed by atoms with Crippen LogP contribution in [0.1, 0.15) is 26.5 Å². The van der Waals surface area contributed by atoms with Gasteiger partial charge >= 0.3 is 0 Å². The summed E-state index contributed by atoms with van der Waals surface area (Å²) in [5, 5.41) is 2.70. The van der Waals surface area contributed by atoms with Crippen molar-refractivity contribution in [2.45, 2.75) is 26.2 Å². The van der Waals surface area contributed by atoms with E-state index in [1.165, 1.54) is 16.9 Å². The normalized spacial score (nSPS) is 12.2. The van der Waals surface area contributed by atoms with Gasteiger partial charge in [-0.25, -0.2) is 9.97 Å². The summed E-state index contributed by atoms with van der Waals surface area (Å²) >= 11 is 0. The second-order valence-electron chi connectivity index (χ2n) is 4.25. The molecule has 0 saturated heterocycles. The van der Waals surface area contributed by atoms with Crippen LogP contribution in [0, 0.1) is 0 Å². The highest BCUT2D eigenvalue weighted by atomic mass is 16.1. The second-order valence-corrected chi connectivity index (χ2v) is 4.25. The molecular weight excluding hydrogens is 180 g/mol. The first-order chi connectivity index (χ1) is 6.48. The lowest BCUT2D eigenvalue weighted by atomic mass is 9.92. The van der Waals surface area contributed by atoms with Crippen LogP contribution in [0.25, 0.3) is 5.78 Å². The lowest BCUT2D eigenvalue weighted by molar-refractivity contribution is 0.566. The molecular formula is C9H12N4O. The molecule has 2 heterocycles. The summed E-state index contributed by atoms with van der Waals surface area (Å²) in [6.07, 6.45) is 1.45. The number of nitrogens with one attached hydrogen (secondary N) is 1. The lowest BCUT2D eigenvalue weighted by Crippen LogP contribution is -2.22. The van der Waals surface area contributed by atoms with Gasteiger partial charge in [-0.3, -0.25) is 9.89 Å². The summed E-state index contributed by atoms with van der Waals surface area (Å²) in [6.45, 7) is 6.04. The number of hydrogen-bond acceptors (Lipinski definition) is 3. The van der Waals surface area contributed by atoms with E-state index in [-0.39, 0.29) is 11.0 Å². The van der Waals surface area contributed by atoms with Crippen LogP contribution >= 0.6 is 0 Å². The van der Waals surface area contributed by atoms with Gasteiger partial charge in [0, 0.05) is 11.5 Å². The van der Waals surface area contributed by atoms with Crippen molar-refractivity contribution in [1.29, 1.82) is 0 Å². The van der Waals surface area contributed by atoms with Crippen molar-refractivity contribution in [3.63, 3.8) is 0 Å². The van der Waals surface area contributed by atoms with Crippen LogP contribution < -0.4 is 5.56 Å². The van der Waals surface area contributed by atoms with Crippen LogP contribution in [0.15, 0.2) is 17.2 Å². The molecule has 5 heteroatoms. The summed E-state index contributed by atoms with van der Waals surface area (Å²) in [5.41, 5.74) is 0.499. The molecule has 0 radical (unpaired) electrons. The topological polar surface area (TPSA) is 63.0 Å². The summed E-state index contributed by atoms with van der Waals surface area (Å²) in [5.74, 6) is 0.419. The van der Waals surface area contributed by atoms with Gasteiger partial charge in [0.15, 0.2) is 0 Å². The van der Waals surface area contributed by atoms with Crippen molar-refractivity contribution in [2.24, 2.45) is 0 Å². The number of nitrogens with zero attached hydrogens (tertiary/aromatic N) is 3. The van der Waals surface area contributed by atoms with Gasteiger partial charge in [-0.1, -0.05) is 20.8 Å². The Kier molecular flexibility index (Phi) is 1.70. The number of aromatic nitrogens is 4. The highest BCUT2D eigenvalue weighted by Crippen LogP contribution is 2.18. The number of rotatable bonds is 0. The summed E-state index contributed by atoms with van der Waals surface area (Å²) in [4.78, 5) is 19.8. The molecule has 2 aromatic heterocycles. The zero-order valence-corrected chi connectivity index (χ0v) is 8.40. The number of H-pyrrole nitrogens is 1. The molecule has 0 fully saturated rings. The molecule has 1 N–H and O–H groups in total. The van der Waals surface area contributed by atoms with E-state index < -0.39 is 0 Å². The van der Waals surface area contributed by atoms with Gasteiger partial charge in [0.25, 0.3) is 11.3 Å². The predicted molar refractivity (Wildman–Crippen MR) is 52.3 cm³/mol. The SMILES string of the molecule is CC(C)(C)c1cc(=O)n2[nH]cnc2n1. The fraction of sp³-hybridized carbons (Fsp3) is 0.444. The third-order valence-corrected chi connectivity index (χ3v) is 2.04. The molecule has 0 spiro atoms. The van der Waals surface area contributed by atoms with Crippen molar-refractivity contribution in [3.05, 3.63) is 28.4 Å². The molecule has 0 saturated carbocycles. The Bertz CT molecular complexity index is 517. The molecule has 74 valence electrons. The maximum Gasteiger partial charge on any atom is 0.274 e. The molecule has 2 aromatic rings. The van der Waals surface area contributed by atoms with Crippen LogP contribution in [0.4, 0.5) is 0 Å². The van der Waals surface area contributed by atoms with Gasteiger partial charge < -0.3 is 0 Å². The van der Waals surface area contributed by atoms with E-state index in [0.717, 1.165) is 5.69 Å². The van der Waals surface area contributed by atoms with Gasteiger partial charge in [0.1, 0.15) is 6.33 Å². The van der Waals surface area contributed by atoms with Crippen LogP contribution in [0.2, 0.25) is 0 Å². The van der Waals surface area contributed by atoms with Crippen molar-refractivity contribution in [2.75, 3.05) is 0 Å². The van der Waals surface area contributed by atoms with E-state index in [9.17, 15) is 4.79 Å². The van der Waals surface area contributed by atoms with E-state index in [0.29, 0.717) is 5.78 Å². The average molecular weight is 192 g/mol. The fourth-order valence-electron chi connectivity index (χ4n) is 1.21. The van der Waals surface area contributed by atoms with E-state index in [1.54, 1.807) is 0 Å². The molecule has 0 aliphatic heterocycles. The average Bonchev–Trinajstić information content (AvgIpc) is 2.50. The minimum Gasteiger partial charge on any atom is -0.278 e. The smallest absolute Gasteiger partial charge is 0.274 e. The zero-order chi connectivity index (χ0) is 10.3. The monoisotopic (exact) mass is 192 g/mol. The standard InChI is InChI=1S/C9H12N4O/c1-9(2,3)6-4-7(14)13-8(12-6)10-5-11-13/h4-5H,1-3H3,(H,10,11,12). The highest BCUT2D eigenvalue weighted by molar-refractivity contribution is 5.28. The maximum atomic E-state index is 11.6. The minimum absolute atomic E-state index is 0.127. The molecule has 0 unspecified atom stereocenters. The maximum absolute atomic E-state index is 11.6. The minimum atomic E-state index is -0.132. The molecule has 2 rings (SSSR count). The summed E-state index contributed by atoms with van der Waals surface area (Å²) in [6, 6.07) is 1.53. The Labute approximate surface area is 80.8 Å². The van der Waals surface area contributed by atoms with Gasteiger partial charge in [-0.15, -0.1) is 0 Å². The van der Waals surface area contributed by atoms with Crippen LogP contribution in [-0.2, 0) is 5.41 Å². The predicted octanol–water partition coefficient (Wildman–Crippen LogP) is 0.715. The van der Waals surface area contributed by atoms with Gasteiger partial charge in [0.2, 0.25) is 0 Å². The first-order valence-electron chi connectivity index (χ1n) is 4.42. The van der Waals surface area contributed by atoms with E-state index >= 15 is 0 Å². The van der Waals surface area contributed by atoms with E-state index in [4.69, 9.17) is 0 Å². The van der Waals surface area contributed by atoms with Crippen LogP contribution in [0.5, 0.6) is 0 Å². The Morgan fingerprint density at radius 3 is 2.79 bits per heavy atom. The van der Waals surface area contributed by atoms with Gasteiger partial charge in [0.05, 0.1) is 5.69 Å². The lowest BCUT2D eigenvalue weighted by Gasteiger charge is -2.16. The Morgan fingerprint density at radius 1 is 1.43 bits per heavy atom. The first-order valence-corrected chi connectivity index (χ1v) is 4.42. The van der Waals surface area contributed by atoms with Crippen LogP contribution in [0.3, 0.4) is 0 Å². The second kappa shape index (κ2) is 2.67. The van der Waals surface area contributed by atoms with E-state index in [2.05, 4.69) is 15.1 Å². The molecule has 14 heavy (non-hydrogen) atoms. The molecule has 0 bridgehead atoms. The Morgan fingerprint density at radius 2 is 2.14 bits per heavy atom. The molecule has 0 aromatic carbocycles. The summed E-state index contributed by atoms with van der Waals surface area (Å²) < 4.78 is 1.31. The van der Waals surface area contributed by atoms with Crippen LogP contribution in [-0.4, -0.2) is 19.6 Å². The number of hydrogen-bond donors (Lipinski definition) is 1. The van der Waals surface area contributed by atoms with Gasteiger partial charge in [-0.2, -0.15) is 4.52 Å². The van der Waals surface area contributed by atoms with E-state index in [1.807, 2.05) is 20.8 Å². The Balaban J connectivity index is 2.77. The third kappa shape index (κ3) is 1.30. The first kappa shape index (κ1) is 8.93. The highest BCUT2D eigenvalue weighted by Gasteiger charge is 2.17. The van der Waals surface area contributed by atoms with Crippen molar-refractivity contribution >= 4 is 5.78 Å². The molecule has 0 amide bonds. The number of aromatic amines is 1. The Hall–Kier alpha value is -1.65. The van der Waals surface area contributed by atoms with Crippen molar-refractivity contribution < 1.29 is 0 Å². The fourth-order valence-corrected chi connectivity index (χ4v) is 1.21. The van der Waals surface area contributed by atoms with Gasteiger partial charge in [-0.05, 0) is 0 Å². The largest absolute Gasteiger partial charge is 0.278 e. The molecule has 5 nitrogen and oxygen atoms in total. The number of fused-ring (bicyclic) bond motifs is 1. The zero-order valence-electron chi connectivity index (χ0n) is 8.40.